The lowest BCUT2D eigenvalue weighted by atomic mass is 10.0. The summed E-state index contributed by atoms with van der Waals surface area (Å²) in [6.45, 7) is 4.11. The zero-order valence-corrected chi connectivity index (χ0v) is 55.3. The van der Waals surface area contributed by atoms with E-state index in [1.165, 1.54) is 212 Å². The van der Waals surface area contributed by atoms with Crippen LogP contribution in [-0.4, -0.2) is 70.0 Å². The Morgan fingerprint density at radius 2 is 0.695 bits per heavy atom. The molecule has 0 N–H and O–H groups in total. The number of carbonyl (C=O) groups is 2. The van der Waals surface area contributed by atoms with E-state index in [2.05, 4.69) is 86.8 Å². The van der Waals surface area contributed by atoms with Crippen molar-refractivity contribution in [1.29, 1.82) is 0 Å². The molecule has 0 bridgehead atoms. The van der Waals surface area contributed by atoms with Crippen LogP contribution in [-0.2, 0) is 32.7 Å². The van der Waals surface area contributed by atoms with Crippen LogP contribution in [0.25, 0.3) is 0 Å². The molecule has 0 spiro atoms. The highest BCUT2D eigenvalue weighted by Crippen LogP contribution is 2.38. The van der Waals surface area contributed by atoms with Crippen molar-refractivity contribution in [3.63, 3.8) is 0 Å². The third kappa shape index (κ3) is 66.6. The van der Waals surface area contributed by atoms with Gasteiger partial charge in [0, 0.05) is 12.8 Å². The van der Waals surface area contributed by atoms with Gasteiger partial charge in [0.2, 0.25) is 0 Å². The van der Waals surface area contributed by atoms with Gasteiger partial charge in [0.25, 0.3) is 7.82 Å². The number of allylic oxidation sites excluding steroid dienone is 12. The first-order valence-electron chi connectivity index (χ1n) is 34.6. The topological polar surface area (TPSA) is 111 Å². The number of quaternary nitrogens is 1. The normalized spacial score (nSPS) is 13.6. The lowest BCUT2D eigenvalue weighted by Crippen LogP contribution is -2.37. The molecule has 0 saturated carbocycles. The summed E-state index contributed by atoms with van der Waals surface area (Å²) >= 11 is 0. The second-order valence-electron chi connectivity index (χ2n) is 24.5. The van der Waals surface area contributed by atoms with Crippen molar-refractivity contribution in [1.82, 2.24) is 0 Å². The largest absolute Gasteiger partial charge is 0.756 e. The minimum Gasteiger partial charge on any atom is -0.756 e. The quantitative estimate of drug-likeness (QED) is 0.0195. The highest BCUT2D eigenvalue weighted by atomic mass is 31.2. The molecule has 0 aliphatic heterocycles. The van der Waals surface area contributed by atoms with Crippen molar-refractivity contribution < 1.29 is 42.1 Å². The minimum absolute atomic E-state index is 0.0370. The number of carbonyl (C=O) groups excluding carboxylic acids is 2. The van der Waals surface area contributed by atoms with E-state index in [1.807, 2.05) is 21.1 Å². The molecule has 0 radical (unpaired) electrons. The smallest absolute Gasteiger partial charge is 0.306 e. The number of rotatable bonds is 64. The summed E-state index contributed by atoms with van der Waals surface area (Å²) < 4.78 is 34.2. The van der Waals surface area contributed by atoms with E-state index in [0.29, 0.717) is 17.4 Å². The molecule has 0 aromatic carbocycles. The van der Waals surface area contributed by atoms with Crippen molar-refractivity contribution in [2.75, 3.05) is 47.5 Å². The molecule has 9 nitrogen and oxygen atoms in total. The molecule has 10 heteroatoms. The highest BCUT2D eigenvalue weighted by molar-refractivity contribution is 7.45. The van der Waals surface area contributed by atoms with E-state index in [-0.39, 0.29) is 32.0 Å². The van der Waals surface area contributed by atoms with E-state index in [4.69, 9.17) is 18.5 Å². The van der Waals surface area contributed by atoms with Gasteiger partial charge in [-0.3, -0.25) is 14.2 Å². The maximum absolute atomic E-state index is 12.8. The maximum atomic E-state index is 12.8. The molecule has 0 saturated heterocycles. The van der Waals surface area contributed by atoms with Gasteiger partial charge in [0.15, 0.2) is 6.10 Å². The van der Waals surface area contributed by atoms with Gasteiger partial charge in [-0.1, -0.05) is 299 Å². The Morgan fingerprint density at radius 1 is 0.390 bits per heavy atom. The third-order valence-corrected chi connectivity index (χ3v) is 16.2. The maximum Gasteiger partial charge on any atom is 0.306 e. The summed E-state index contributed by atoms with van der Waals surface area (Å²) in [5.74, 6) is -0.852. The van der Waals surface area contributed by atoms with Crippen LogP contribution in [0.5, 0.6) is 0 Å². The third-order valence-electron chi connectivity index (χ3n) is 15.2. The van der Waals surface area contributed by atoms with Gasteiger partial charge in [-0.2, -0.15) is 0 Å². The molecule has 0 rings (SSSR count). The van der Waals surface area contributed by atoms with E-state index in [0.717, 1.165) is 77.0 Å². The summed E-state index contributed by atoms with van der Waals surface area (Å²) in [5.41, 5.74) is 0. The number of unbranched alkanes of at least 4 members (excludes halogenated alkanes) is 38. The van der Waals surface area contributed by atoms with Gasteiger partial charge >= 0.3 is 11.9 Å². The fourth-order valence-corrected chi connectivity index (χ4v) is 10.6. The molecule has 478 valence electrons. The molecule has 82 heavy (non-hydrogen) atoms. The Labute approximate surface area is 508 Å². The number of ether oxygens (including phenoxy) is 2. The van der Waals surface area contributed by atoms with Gasteiger partial charge in [-0.05, 0) is 83.5 Å². The van der Waals surface area contributed by atoms with Crippen molar-refractivity contribution in [2.24, 2.45) is 0 Å². The fourth-order valence-electron chi connectivity index (χ4n) is 9.92. The van der Waals surface area contributed by atoms with Gasteiger partial charge in [0.05, 0.1) is 27.7 Å². The summed E-state index contributed by atoms with van der Waals surface area (Å²) in [4.78, 5) is 37.9. The summed E-state index contributed by atoms with van der Waals surface area (Å²) in [7, 11) is 1.15. The van der Waals surface area contributed by atoms with Crippen LogP contribution in [0.1, 0.15) is 322 Å². The molecule has 0 aliphatic rings. The predicted octanol–water partition coefficient (Wildman–Crippen LogP) is 21.8. The van der Waals surface area contributed by atoms with Crippen LogP contribution in [0.15, 0.2) is 72.9 Å². The molecule has 0 aliphatic carbocycles. The van der Waals surface area contributed by atoms with Crippen LogP contribution in [0.3, 0.4) is 0 Å². The van der Waals surface area contributed by atoms with Crippen LogP contribution >= 0.6 is 7.82 Å². The monoisotopic (exact) mass is 1170 g/mol. The van der Waals surface area contributed by atoms with Crippen LogP contribution in [0, 0.1) is 0 Å². The molecular formula is C72H132NO8P. The minimum atomic E-state index is -4.65. The average molecular weight is 1170 g/mol. The Morgan fingerprint density at radius 3 is 1.04 bits per heavy atom. The lowest BCUT2D eigenvalue weighted by Gasteiger charge is -2.28. The number of phosphoric ester groups is 1. The predicted molar refractivity (Wildman–Crippen MR) is 351 cm³/mol. The Kier molecular flexibility index (Phi) is 61.0. The summed E-state index contributed by atoms with van der Waals surface area (Å²) in [6.07, 6.45) is 84.5. The second kappa shape index (κ2) is 63.0. The number of likely N-dealkylation sites (N-methyl/N-ethyl adjacent to an activating group) is 1. The van der Waals surface area contributed by atoms with Crippen LogP contribution < -0.4 is 4.89 Å². The van der Waals surface area contributed by atoms with Gasteiger partial charge < -0.3 is 27.9 Å². The molecule has 0 fully saturated rings. The molecule has 0 amide bonds. The zero-order valence-electron chi connectivity index (χ0n) is 54.4. The zero-order chi connectivity index (χ0) is 59.8. The SMILES string of the molecule is CC/C=C\C/C=C\C/C=C\C/C=C\CCCCCCC(=O)OC(COC(=O)CCCCCCCCCCCCCCCCCCCCCCCCCCCCCCC/C=C\C/C=C\CCCCCCC)COP(=O)([O-])OCC[N+](C)(C)C. The van der Waals surface area contributed by atoms with Crippen molar-refractivity contribution in [3.8, 4) is 0 Å². The number of nitrogens with zero attached hydrogens (tertiary/aromatic N) is 1. The van der Waals surface area contributed by atoms with Gasteiger partial charge in [-0.15, -0.1) is 0 Å². The first kappa shape index (κ1) is 79.5. The van der Waals surface area contributed by atoms with Crippen LogP contribution in [0.4, 0.5) is 0 Å². The van der Waals surface area contributed by atoms with Gasteiger partial charge in [-0.25, -0.2) is 0 Å². The van der Waals surface area contributed by atoms with E-state index in [1.54, 1.807) is 0 Å². The van der Waals surface area contributed by atoms with Crippen LogP contribution in [0.2, 0.25) is 0 Å². The standard InChI is InChI=1S/C72H132NO8P/c1-6-8-10-12-14-16-18-20-22-24-25-26-27-28-29-30-31-32-33-34-35-36-37-38-39-40-41-42-43-44-45-46-47-49-50-52-54-56-58-60-62-64-71(74)78-68-70(69-80-82(76,77)79-67-66-73(3,4)5)81-72(75)65-63-61-59-57-55-53-51-48-23-21-19-17-15-13-11-9-7-2/h9,11,15,17-18,20-21,23-25,51,53,70H,6-8,10,12-14,16,19,22,26-50,52,54-69H2,1-5H3/b11-9-,17-15-,20-18-,23-21-,25-24-,53-51-. The first-order valence-corrected chi connectivity index (χ1v) is 36.1. The number of hydrogen-bond donors (Lipinski definition) is 0. The number of hydrogen-bond acceptors (Lipinski definition) is 8. The van der Waals surface area contributed by atoms with E-state index in [9.17, 15) is 19.0 Å². The first-order chi connectivity index (χ1) is 40.0. The van der Waals surface area contributed by atoms with E-state index < -0.39 is 26.5 Å². The Bertz CT molecular complexity index is 1610. The fraction of sp³-hybridized carbons (Fsp3) is 0.806. The number of phosphoric acid groups is 1. The molecular weight excluding hydrogens is 1040 g/mol. The van der Waals surface area contributed by atoms with Gasteiger partial charge in [0.1, 0.15) is 19.8 Å². The molecule has 2 atom stereocenters. The van der Waals surface area contributed by atoms with Crippen molar-refractivity contribution in [2.45, 2.75) is 328 Å². The highest BCUT2D eigenvalue weighted by Gasteiger charge is 2.22. The second-order valence-corrected chi connectivity index (χ2v) is 25.9. The lowest BCUT2D eigenvalue weighted by molar-refractivity contribution is -0.870. The van der Waals surface area contributed by atoms with E-state index >= 15 is 0 Å². The summed E-state index contributed by atoms with van der Waals surface area (Å²) in [6, 6.07) is 0. The molecule has 0 heterocycles. The Balaban J connectivity index is 3.87. The number of esters is 2. The Hall–Kier alpha value is -2.55. The molecule has 2 unspecified atom stereocenters. The molecule has 0 aromatic rings. The average Bonchev–Trinajstić information content (AvgIpc) is 3.46. The summed E-state index contributed by atoms with van der Waals surface area (Å²) in [5, 5.41) is 0. The van der Waals surface area contributed by atoms with Crippen molar-refractivity contribution in [3.05, 3.63) is 72.9 Å². The van der Waals surface area contributed by atoms with Crippen molar-refractivity contribution >= 4 is 19.8 Å². The molecule has 0 aromatic heterocycles.